The standard InChI is InChI=1S/C13H19NO/c1-14-8-7-13(12(9-14)10-15)11-5-3-2-4-6-11/h2-6,12-13,15H,7-10H2,1H3/t12-,13?/m1/s1. The summed E-state index contributed by atoms with van der Waals surface area (Å²) in [5.41, 5.74) is 1.38. The van der Waals surface area contributed by atoms with Gasteiger partial charge in [0.2, 0.25) is 0 Å². The molecule has 0 aromatic heterocycles. The van der Waals surface area contributed by atoms with E-state index in [9.17, 15) is 5.11 Å². The van der Waals surface area contributed by atoms with Crippen molar-refractivity contribution in [3.63, 3.8) is 0 Å². The molecule has 0 amide bonds. The van der Waals surface area contributed by atoms with Crippen molar-refractivity contribution in [3.8, 4) is 0 Å². The summed E-state index contributed by atoms with van der Waals surface area (Å²) < 4.78 is 0. The SMILES string of the molecule is CN1CCC(c2ccccc2)[C@@H](CO)C1. The summed E-state index contributed by atoms with van der Waals surface area (Å²) in [6, 6.07) is 10.6. The van der Waals surface area contributed by atoms with Crippen LogP contribution in [0.1, 0.15) is 17.9 Å². The van der Waals surface area contributed by atoms with Crippen LogP contribution in [-0.4, -0.2) is 36.8 Å². The van der Waals surface area contributed by atoms with Gasteiger partial charge >= 0.3 is 0 Å². The maximum atomic E-state index is 9.41. The molecule has 0 bridgehead atoms. The molecule has 1 heterocycles. The third kappa shape index (κ3) is 2.39. The van der Waals surface area contributed by atoms with E-state index in [1.807, 2.05) is 6.07 Å². The van der Waals surface area contributed by atoms with Gasteiger partial charge in [-0.2, -0.15) is 0 Å². The predicted molar refractivity (Wildman–Crippen MR) is 61.9 cm³/mol. The quantitative estimate of drug-likeness (QED) is 0.794. The van der Waals surface area contributed by atoms with Crippen molar-refractivity contribution in [3.05, 3.63) is 35.9 Å². The molecule has 1 aromatic rings. The van der Waals surface area contributed by atoms with E-state index < -0.39 is 0 Å². The van der Waals surface area contributed by atoms with Gasteiger partial charge in [-0.3, -0.25) is 0 Å². The number of piperidine rings is 1. The molecule has 82 valence electrons. The molecule has 1 aliphatic heterocycles. The molecule has 2 nitrogen and oxygen atoms in total. The number of likely N-dealkylation sites (tertiary alicyclic amines) is 1. The third-order valence-electron chi connectivity index (χ3n) is 3.40. The number of hydrogen-bond acceptors (Lipinski definition) is 2. The predicted octanol–water partition coefficient (Wildman–Crippen LogP) is 1.71. The molecular weight excluding hydrogens is 186 g/mol. The van der Waals surface area contributed by atoms with Crippen molar-refractivity contribution in [1.82, 2.24) is 4.90 Å². The van der Waals surface area contributed by atoms with Crippen LogP contribution in [0.2, 0.25) is 0 Å². The second-order valence-corrected chi connectivity index (χ2v) is 4.51. The van der Waals surface area contributed by atoms with E-state index in [1.54, 1.807) is 0 Å². The summed E-state index contributed by atoms with van der Waals surface area (Å²) in [5.74, 6) is 0.929. The Morgan fingerprint density at radius 3 is 2.73 bits per heavy atom. The fourth-order valence-electron chi connectivity index (χ4n) is 2.54. The number of aliphatic hydroxyl groups excluding tert-OH is 1. The van der Waals surface area contributed by atoms with Gasteiger partial charge in [-0.25, -0.2) is 0 Å². The molecule has 1 saturated heterocycles. The highest BCUT2D eigenvalue weighted by atomic mass is 16.3. The summed E-state index contributed by atoms with van der Waals surface area (Å²) in [5, 5.41) is 9.41. The zero-order chi connectivity index (χ0) is 10.7. The third-order valence-corrected chi connectivity index (χ3v) is 3.40. The van der Waals surface area contributed by atoms with Gasteiger partial charge in [0.15, 0.2) is 0 Å². The van der Waals surface area contributed by atoms with Gasteiger partial charge < -0.3 is 10.0 Å². The molecule has 15 heavy (non-hydrogen) atoms. The van der Waals surface area contributed by atoms with Crippen molar-refractivity contribution < 1.29 is 5.11 Å². The van der Waals surface area contributed by atoms with E-state index in [0.717, 1.165) is 19.5 Å². The van der Waals surface area contributed by atoms with Gasteiger partial charge in [-0.05, 0) is 31.5 Å². The van der Waals surface area contributed by atoms with Crippen LogP contribution in [0.5, 0.6) is 0 Å². The lowest BCUT2D eigenvalue weighted by atomic mass is 9.81. The minimum absolute atomic E-state index is 0.296. The lowest BCUT2D eigenvalue weighted by molar-refractivity contribution is 0.118. The van der Waals surface area contributed by atoms with Crippen molar-refractivity contribution in [2.24, 2.45) is 5.92 Å². The first-order valence-electron chi connectivity index (χ1n) is 5.65. The highest BCUT2D eigenvalue weighted by Crippen LogP contribution is 2.31. The highest BCUT2D eigenvalue weighted by Gasteiger charge is 2.27. The van der Waals surface area contributed by atoms with Crippen molar-refractivity contribution in [2.45, 2.75) is 12.3 Å². The largest absolute Gasteiger partial charge is 0.396 e. The smallest absolute Gasteiger partial charge is 0.0477 e. The van der Waals surface area contributed by atoms with Gasteiger partial charge in [-0.1, -0.05) is 30.3 Å². The molecule has 1 unspecified atom stereocenters. The van der Waals surface area contributed by atoms with Crippen LogP contribution in [0.15, 0.2) is 30.3 Å². The number of aliphatic hydroxyl groups is 1. The molecular formula is C13H19NO. The minimum Gasteiger partial charge on any atom is -0.396 e. The Balaban J connectivity index is 2.14. The van der Waals surface area contributed by atoms with Gasteiger partial charge in [0.05, 0.1) is 0 Å². The zero-order valence-corrected chi connectivity index (χ0v) is 9.26. The maximum absolute atomic E-state index is 9.41. The number of benzene rings is 1. The van der Waals surface area contributed by atoms with E-state index in [2.05, 4.69) is 36.2 Å². The van der Waals surface area contributed by atoms with Crippen LogP contribution in [0.4, 0.5) is 0 Å². The molecule has 1 N–H and O–H groups in total. The summed E-state index contributed by atoms with van der Waals surface area (Å²) >= 11 is 0. The Morgan fingerprint density at radius 2 is 2.07 bits per heavy atom. The summed E-state index contributed by atoms with van der Waals surface area (Å²) in [7, 11) is 2.13. The zero-order valence-electron chi connectivity index (χ0n) is 9.26. The molecule has 2 heteroatoms. The van der Waals surface area contributed by atoms with Crippen LogP contribution in [0.3, 0.4) is 0 Å². The summed E-state index contributed by atoms with van der Waals surface area (Å²) in [4.78, 5) is 2.31. The monoisotopic (exact) mass is 205 g/mol. The molecule has 0 aliphatic carbocycles. The van der Waals surface area contributed by atoms with Gasteiger partial charge in [-0.15, -0.1) is 0 Å². The molecule has 1 aliphatic rings. The fraction of sp³-hybridized carbons (Fsp3) is 0.538. The first-order valence-corrected chi connectivity index (χ1v) is 5.65. The Kier molecular flexibility index (Phi) is 3.39. The lowest BCUT2D eigenvalue weighted by Gasteiger charge is -2.36. The summed E-state index contributed by atoms with van der Waals surface area (Å²) in [6.45, 7) is 2.44. The van der Waals surface area contributed by atoms with Gasteiger partial charge in [0.25, 0.3) is 0 Å². The maximum Gasteiger partial charge on any atom is 0.0477 e. The Hall–Kier alpha value is -0.860. The second kappa shape index (κ2) is 4.77. The van der Waals surface area contributed by atoms with Crippen LogP contribution in [-0.2, 0) is 0 Å². The number of rotatable bonds is 2. The average molecular weight is 205 g/mol. The highest BCUT2D eigenvalue weighted by molar-refractivity contribution is 5.21. The first kappa shape index (κ1) is 10.7. The van der Waals surface area contributed by atoms with Crippen molar-refractivity contribution in [1.29, 1.82) is 0 Å². The molecule has 0 spiro atoms. The topological polar surface area (TPSA) is 23.5 Å². The normalized spacial score (nSPS) is 27.9. The second-order valence-electron chi connectivity index (χ2n) is 4.51. The van der Waals surface area contributed by atoms with Crippen LogP contribution in [0.25, 0.3) is 0 Å². The van der Waals surface area contributed by atoms with Gasteiger partial charge in [0, 0.05) is 19.1 Å². The summed E-state index contributed by atoms with van der Waals surface area (Å²) in [6.07, 6.45) is 1.16. The minimum atomic E-state index is 0.296. The molecule has 1 aromatic carbocycles. The van der Waals surface area contributed by atoms with Crippen molar-refractivity contribution >= 4 is 0 Å². The fourth-order valence-corrected chi connectivity index (χ4v) is 2.54. The Morgan fingerprint density at radius 1 is 1.33 bits per heavy atom. The molecule has 0 radical (unpaired) electrons. The van der Waals surface area contributed by atoms with E-state index >= 15 is 0 Å². The molecule has 2 atom stereocenters. The molecule has 1 fully saturated rings. The number of nitrogens with zero attached hydrogens (tertiary/aromatic N) is 1. The lowest BCUT2D eigenvalue weighted by Crippen LogP contribution is -2.38. The van der Waals surface area contributed by atoms with E-state index in [1.165, 1.54) is 5.56 Å². The Bertz CT molecular complexity index is 299. The van der Waals surface area contributed by atoms with Gasteiger partial charge in [0.1, 0.15) is 0 Å². The molecule has 0 saturated carbocycles. The van der Waals surface area contributed by atoms with Crippen molar-refractivity contribution in [2.75, 3.05) is 26.7 Å². The van der Waals surface area contributed by atoms with E-state index in [4.69, 9.17) is 0 Å². The molecule has 2 rings (SSSR count). The van der Waals surface area contributed by atoms with Crippen LogP contribution in [0, 0.1) is 5.92 Å². The average Bonchev–Trinajstić information content (AvgIpc) is 2.30. The first-order chi connectivity index (χ1) is 7.31. The van der Waals surface area contributed by atoms with E-state index in [0.29, 0.717) is 18.4 Å². The Labute approximate surface area is 91.5 Å². The number of hydrogen-bond donors (Lipinski definition) is 1. The van der Waals surface area contributed by atoms with Crippen LogP contribution < -0.4 is 0 Å². The van der Waals surface area contributed by atoms with E-state index in [-0.39, 0.29) is 0 Å². The van der Waals surface area contributed by atoms with Crippen LogP contribution >= 0.6 is 0 Å².